The van der Waals surface area contributed by atoms with Crippen LogP contribution in [0.25, 0.3) is 0 Å². The Morgan fingerprint density at radius 1 is 1.16 bits per heavy atom. The summed E-state index contributed by atoms with van der Waals surface area (Å²) in [5, 5.41) is 0.708. The number of carbonyl (C=O) groups is 1. The highest BCUT2D eigenvalue weighted by atomic mass is 35.5. The third-order valence-electron chi connectivity index (χ3n) is 4.94. The highest BCUT2D eigenvalue weighted by molar-refractivity contribution is 6.30. The van der Waals surface area contributed by atoms with Crippen molar-refractivity contribution in [2.45, 2.75) is 38.9 Å². The van der Waals surface area contributed by atoms with E-state index in [4.69, 9.17) is 17.3 Å². The molecule has 2 aromatic rings. The molecule has 0 bridgehead atoms. The largest absolute Gasteiger partial charge is 0.331 e. The van der Waals surface area contributed by atoms with Crippen molar-refractivity contribution in [2.75, 3.05) is 0 Å². The van der Waals surface area contributed by atoms with Crippen LogP contribution in [0.2, 0.25) is 5.02 Å². The van der Waals surface area contributed by atoms with Gasteiger partial charge in [-0.05, 0) is 42.2 Å². The Morgan fingerprint density at radius 2 is 1.84 bits per heavy atom. The lowest BCUT2D eigenvalue weighted by Crippen LogP contribution is -2.45. The molecular weight excluding hydrogens is 355 g/mol. The molecule has 0 saturated heterocycles. The number of hydrogen-bond donors (Lipinski definition) is 1. The van der Waals surface area contributed by atoms with E-state index in [2.05, 4.69) is 18.2 Å². The van der Waals surface area contributed by atoms with Crippen LogP contribution in [0, 0.1) is 5.92 Å². The molecule has 25 heavy (non-hydrogen) atoms. The first-order valence-corrected chi connectivity index (χ1v) is 8.73. The number of halogens is 2. The number of hydrogen-bond acceptors (Lipinski definition) is 2. The lowest BCUT2D eigenvalue weighted by molar-refractivity contribution is -0.139. The van der Waals surface area contributed by atoms with Gasteiger partial charge in [0.05, 0.1) is 12.0 Å². The van der Waals surface area contributed by atoms with E-state index in [1.54, 1.807) is 0 Å². The summed E-state index contributed by atoms with van der Waals surface area (Å²) in [6.07, 6.45) is 0.800. The van der Waals surface area contributed by atoms with E-state index in [0.29, 0.717) is 11.6 Å². The summed E-state index contributed by atoms with van der Waals surface area (Å²) in [6, 6.07) is 16.0. The molecule has 134 valence electrons. The van der Waals surface area contributed by atoms with Gasteiger partial charge in [0, 0.05) is 17.6 Å². The molecule has 0 saturated carbocycles. The fraction of sp³-hybridized carbons (Fsp3) is 0.350. The van der Waals surface area contributed by atoms with Crippen molar-refractivity contribution in [3.8, 4) is 0 Å². The molecule has 1 amide bonds. The van der Waals surface area contributed by atoms with Crippen LogP contribution in [0.1, 0.15) is 36.6 Å². The summed E-state index contributed by atoms with van der Waals surface area (Å²) in [6.45, 7) is 4.36. The molecule has 1 aliphatic rings. The first kappa shape index (κ1) is 19.8. The summed E-state index contributed by atoms with van der Waals surface area (Å²) in [7, 11) is 0. The van der Waals surface area contributed by atoms with Gasteiger partial charge in [-0.1, -0.05) is 54.9 Å². The average molecular weight is 379 g/mol. The second-order valence-corrected chi connectivity index (χ2v) is 7.09. The minimum Gasteiger partial charge on any atom is -0.331 e. The third-order valence-corrected chi connectivity index (χ3v) is 5.18. The molecule has 5 heteroatoms. The molecule has 0 spiro atoms. The van der Waals surface area contributed by atoms with Gasteiger partial charge in [-0.15, -0.1) is 12.4 Å². The van der Waals surface area contributed by atoms with Crippen molar-refractivity contribution >= 4 is 29.9 Å². The number of nitrogens with two attached hydrogens (primary N) is 1. The maximum absolute atomic E-state index is 13.0. The van der Waals surface area contributed by atoms with Crippen LogP contribution in [-0.4, -0.2) is 16.8 Å². The normalized spacial score (nSPS) is 18.7. The molecule has 0 radical (unpaired) electrons. The zero-order chi connectivity index (χ0) is 17.3. The molecule has 0 aliphatic carbocycles. The number of benzene rings is 2. The number of carbonyl (C=O) groups excluding carboxylic acids is 1. The van der Waals surface area contributed by atoms with Crippen molar-refractivity contribution < 1.29 is 4.79 Å². The van der Waals surface area contributed by atoms with Crippen molar-refractivity contribution in [1.82, 2.24) is 4.90 Å². The number of amides is 1. The molecule has 1 heterocycles. The molecule has 2 aromatic carbocycles. The van der Waals surface area contributed by atoms with Crippen LogP contribution in [0.15, 0.2) is 48.5 Å². The zero-order valence-electron chi connectivity index (χ0n) is 14.5. The Balaban J connectivity index is 0.00000225. The second kappa shape index (κ2) is 8.22. The van der Waals surface area contributed by atoms with Gasteiger partial charge in [-0.25, -0.2) is 0 Å². The lowest BCUT2D eigenvalue weighted by Gasteiger charge is -2.39. The summed E-state index contributed by atoms with van der Waals surface area (Å²) >= 11 is 6.15. The fourth-order valence-corrected chi connectivity index (χ4v) is 3.44. The Morgan fingerprint density at radius 3 is 2.48 bits per heavy atom. The Hall–Kier alpha value is -1.55. The molecule has 2 N–H and O–H groups in total. The predicted octanol–water partition coefficient (Wildman–Crippen LogP) is 4.37. The second-order valence-electron chi connectivity index (χ2n) is 6.66. The highest BCUT2D eigenvalue weighted by Gasteiger charge is 2.34. The Bertz CT molecular complexity index is 734. The SMILES string of the molecule is CC(N)C(C)C(=O)N1Cc2cc(Cl)ccc2CC1c1ccccc1.Cl. The number of fused-ring (bicyclic) bond motifs is 1. The topological polar surface area (TPSA) is 46.3 Å². The van der Waals surface area contributed by atoms with Gasteiger partial charge in [0.1, 0.15) is 0 Å². The van der Waals surface area contributed by atoms with Crippen LogP contribution in [-0.2, 0) is 17.8 Å². The standard InChI is InChI=1S/C20H23ClN2O.ClH/c1-13(14(2)22)20(24)23-12-17-10-18(21)9-8-16(17)11-19(23)15-6-4-3-5-7-15;/h3-10,13-14,19H,11-12,22H2,1-2H3;1H. The van der Waals surface area contributed by atoms with Gasteiger partial charge >= 0.3 is 0 Å². The van der Waals surface area contributed by atoms with Gasteiger partial charge in [0.2, 0.25) is 5.91 Å². The van der Waals surface area contributed by atoms with Crippen molar-refractivity contribution in [3.05, 3.63) is 70.2 Å². The summed E-state index contributed by atoms with van der Waals surface area (Å²) in [5.74, 6) is -0.110. The highest BCUT2D eigenvalue weighted by Crippen LogP contribution is 2.35. The Labute approximate surface area is 160 Å². The molecule has 3 rings (SSSR count). The molecule has 3 unspecified atom stereocenters. The van der Waals surface area contributed by atoms with E-state index < -0.39 is 0 Å². The zero-order valence-corrected chi connectivity index (χ0v) is 16.1. The molecular formula is C20H24Cl2N2O. The van der Waals surface area contributed by atoms with E-state index in [-0.39, 0.29) is 36.3 Å². The number of rotatable bonds is 3. The molecule has 0 fully saturated rings. The quantitative estimate of drug-likeness (QED) is 0.861. The molecule has 3 atom stereocenters. The summed E-state index contributed by atoms with van der Waals surface area (Å²) in [5.41, 5.74) is 9.51. The minimum absolute atomic E-state index is 0. The van der Waals surface area contributed by atoms with Gasteiger partial charge in [0.25, 0.3) is 0 Å². The van der Waals surface area contributed by atoms with Gasteiger partial charge in [-0.3, -0.25) is 4.79 Å². The van der Waals surface area contributed by atoms with Crippen LogP contribution in [0.4, 0.5) is 0 Å². The first-order chi connectivity index (χ1) is 11.5. The maximum atomic E-state index is 13.0. The van der Waals surface area contributed by atoms with Crippen molar-refractivity contribution in [3.63, 3.8) is 0 Å². The minimum atomic E-state index is -0.211. The molecule has 0 aromatic heterocycles. The lowest BCUT2D eigenvalue weighted by atomic mass is 9.88. The fourth-order valence-electron chi connectivity index (χ4n) is 3.24. The monoisotopic (exact) mass is 378 g/mol. The average Bonchev–Trinajstić information content (AvgIpc) is 2.60. The number of nitrogens with zero attached hydrogens (tertiary/aromatic N) is 1. The van der Waals surface area contributed by atoms with Gasteiger partial charge in [0.15, 0.2) is 0 Å². The van der Waals surface area contributed by atoms with E-state index in [1.165, 1.54) is 5.56 Å². The van der Waals surface area contributed by atoms with Gasteiger partial charge < -0.3 is 10.6 Å². The maximum Gasteiger partial charge on any atom is 0.227 e. The van der Waals surface area contributed by atoms with Crippen LogP contribution in [0.5, 0.6) is 0 Å². The summed E-state index contributed by atoms with van der Waals surface area (Å²) < 4.78 is 0. The smallest absolute Gasteiger partial charge is 0.227 e. The van der Waals surface area contributed by atoms with Crippen LogP contribution in [0.3, 0.4) is 0 Å². The van der Waals surface area contributed by atoms with Crippen LogP contribution >= 0.6 is 24.0 Å². The van der Waals surface area contributed by atoms with E-state index >= 15 is 0 Å². The first-order valence-electron chi connectivity index (χ1n) is 8.35. The summed E-state index contributed by atoms with van der Waals surface area (Å²) in [4.78, 5) is 15.0. The van der Waals surface area contributed by atoms with Crippen molar-refractivity contribution in [2.24, 2.45) is 11.7 Å². The van der Waals surface area contributed by atoms with E-state index in [1.807, 2.05) is 49.1 Å². The molecule has 3 nitrogen and oxygen atoms in total. The predicted molar refractivity (Wildman–Crippen MR) is 105 cm³/mol. The van der Waals surface area contributed by atoms with E-state index in [0.717, 1.165) is 17.5 Å². The Kier molecular flexibility index (Phi) is 6.50. The van der Waals surface area contributed by atoms with Crippen molar-refractivity contribution in [1.29, 1.82) is 0 Å². The van der Waals surface area contributed by atoms with Crippen LogP contribution < -0.4 is 5.73 Å². The third kappa shape index (κ3) is 4.17. The van der Waals surface area contributed by atoms with Gasteiger partial charge in [-0.2, -0.15) is 0 Å². The van der Waals surface area contributed by atoms with E-state index in [9.17, 15) is 4.79 Å². The molecule has 1 aliphatic heterocycles.